The van der Waals surface area contributed by atoms with Gasteiger partial charge in [0.2, 0.25) is 15.9 Å². The van der Waals surface area contributed by atoms with Gasteiger partial charge in [0, 0.05) is 33.1 Å². The summed E-state index contributed by atoms with van der Waals surface area (Å²) >= 11 is 0. The summed E-state index contributed by atoms with van der Waals surface area (Å²) in [5.74, 6) is 0.871. The Morgan fingerprint density at radius 1 is 1.22 bits per heavy atom. The number of hydrogen-bond acceptors (Lipinski definition) is 5. The quantitative estimate of drug-likeness (QED) is 0.823. The minimum absolute atomic E-state index is 0.0724. The van der Waals surface area contributed by atoms with Crippen LogP contribution in [0.15, 0.2) is 23.1 Å². The van der Waals surface area contributed by atoms with Crippen molar-refractivity contribution in [2.75, 3.05) is 32.6 Å². The van der Waals surface area contributed by atoms with Crippen LogP contribution in [0.4, 0.5) is 5.69 Å². The van der Waals surface area contributed by atoms with E-state index in [1.807, 2.05) is 0 Å². The Morgan fingerprint density at radius 2 is 1.96 bits per heavy atom. The van der Waals surface area contributed by atoms with E-state index in [2.05, 4.69) is 5.32 Å². The second-order valence-corrected chi connectivity index (χ2v) is 9.64. The first-order valence-corrected chi connectivity index (χ1v) is 10.5. The number of likely N-dealkylation sites (tertiary alicyclic amines) is 1. The van der Waals surface area contributed by atoms with E-state index in [9.17, 15) is 18.0 Å². The molecule has 0 unspecified atom stereocenters. The molecule has 1 aromatic carbocycles. The summed E-state index contributed by atoms with van der Waals surface area (Å²) in [6.45, 7) is 0.618. The molecule has 3 atom stereocenters. The average Bonchev–Trinajstić information content (AvgIpc) is 3.03. The topological polar surface area (TPSA) is 96.0 Å². The van der Waals surface area contributed by atoms with E-state index in [4.69, 9.17) is 4.74 Å². The normalized spacial score (nSPS) is 27.8. The number of carbonyl (C=O) groups excluding carboxylic acids is 2. The number of rotatable bonds is 3. The van der Waals surface area contributed by atoms with E-state index < -0.39 is 10.0 Å². The fourth-order valence-electron chi connectivity index (χ4n) is 4.37. The highest BCUT2D eigenvalue weighted by molar-refractivity contribution is 7.89. The van der Waals surface area contributed by atoms with E-state index in [1.54, 1.807) is 25.1 Å². The van der Waals surface area contributed by atoms with Crippen molar-refractivity contribution in [2.24, 2.45) is 11.8 Å². The van der Waals surface area contributed by atoms with Crippen LogP contribution < -0.4 is 10.1 Å². The van der Waals surface area contributed by atoms with Gasteiger partial charge in [-0.05, 0) is 42.9 Å². The minimum atomic E-state index is -3.72. The molecule has 2 aliphatic heterocycles. The predicted octanol–water partition coefficient (Wildman–Crippen LogP) is 0.895. The Kier molecular flexibility index (Phi) is 4.38. The van der Waals surface area contributed by atoms with Crippen molar-refractivity contribution >= 4 is 27.5 Å². The first-order valence-electron chi connectivity index (χ1n) is 9.04. The fourth-order valence-corrected chi connectivity index (χ4v) is 5.77. The lowest BCUT2D eigenvalue weighted by molar-refractivity contribution is -0.134. The van der Waals surface area contributed by atoms with Crippen molar-refractivity contribution in [1.82, 2.24) is 9.21 Å². The number of piperidine rings is 1. The fraction of sp³-hybridized carbons (Fsp3) is 0.556. The average molecular weight is 393 g/mol. The molecule has 1 aliphatic carbocycles. The largest absolute Gasteiger partial charge is 0.482 e. The summed E-state index contributed by atoms with van der Waals surface area (Å²) in [4.78, 5) is 25.3. The molecule has 3 aliphatic rings. The molecule has 27 heavy (non-hydrogen) atoms. The van der Waals surface area contributed by atoms with Gasteiger partial charge in [0.15, 0.2) is 6.61 Å². The van der Waals surface area contributed by atoms with Crippen LogP contribution in [-0.2, 0) is 19.6 Å². The first-order chi connectivity index (χ1) is 12.8. The van der Waals surface area contributed by atoms with Crippen LogP contribution in [0.2, 0.25) is 0 Å². The number of carbonyl (C=O) groups is 2. The number of nitrogens with one attached hydrogen (secondary N) is 1. The second kappa shape index (κ2) is 6.49. The molecular formula is C18H23N3O5S. The molecule has 1 aromatic rings. The monoisotopic (exact) mass is 393 g/mol. The second-order valence-electron chi connectivity index (χ2n) is 7.64. The summed E-state index contributed by atoms with van der Waals surface area (Å²) in [6.07, 6.45) is 1.95. The van der Waals surface area contributed by atoms with Crippen molar-refractivity contribution in [3.63, 3.8) is 0 Å². The highest BCUT2D eigenvalue weighted by Crippen LogP contribution is 2.41. The number of nitrogens with zero attached hydrogens (tertiary/aromatic N) is 2. The smallest absolute Gasteiger partial charge is 0.262 e. The van der Waals surface area contributed by atoms with E-state index in [-0.39, 0.29) is 35.3 Å². The molecule has 1 N–H and O–H groups in total. The number of amides is 2. The zero-order chi connectivity index (χ0) is 19.3. The molecule has 8 nitrogen and oxygen atoms in total. The number of benzene rings is 1. The molecule has 2 amide bonds. The van der Waals surface area contributed by atoms with Gasteiger partial charge in [-0.25, -0.2) is 8.42 Å². The molecule has 146 valence electrons. The molecular weight excluding hydrogens is 370 g/mol. The van der Waals surface area contributed by atoms with Gasteiger partial charge >= 0.3 is 0 Å². The molecule has 1 saturated heterocycles. The van der Waals surface area contributed by atoms with Crippen molar-refractivity contribution in [3.05, 3.63) is 18.2 Å². The predicted molar refractivity (Wildman–Crippen MR) is 97.8 cm³/mol. The van der Waals surface area contributed by atoms with Crippen LogP contribution in [0.25, 0.3) is 0 Å². The number of ether oxygens (including phenoxy) is 1. The summed E-state index contributed by atoms with van der Waals surface area (Å²) in [6, 6.07) is 4.38. The standard InChI is InChI=1S/C18H23N3O5S/c1-20-9-12-6-13(5-11(12)7-18(20)23)21(2)27(24,25)14-3-4-16-15(8-14)19-17(22)10-26-16/h3-4,8,11-13H,5-7,9-10H2,1-2H3,(H,19,22)/t11-,12+,13-/m0/s1. The molecule has 2 fully saturated rings. The molecule has 0 aromatic heterocycles. The lowest BCUT2D eigenvalue weighted by Gasteiger charge is -2.31. The zero-order valence-corrected chi connectivity index (χ0v) is 16.2. The Bertz CT molecular complexity index is 900. The molecule has 9 heteroatoms. The molecule has 0 spiro atoms. The minimum Gasteiger partial charge on any atom is -0.482 e. The lowest BCUT2D eigenvalue weighted by atomic mass is 9.88. The maximum atomic E-state index is 13.1. The van der Waals surface area contributed by atoms with Gasteiger partial charge in [-0.15, -0.1) is 0 Å². The molecule has 0 radical (unpaired) electrons. The molecule has 2 heterocycles. The van der Waals surface area contributed by atoms with E-state index >= 15 is 0 Å². The number of anilines is 1. The van der Waals surface area contributed by atoms with Crippen LogP contribution in [0.5, 0.6) is 5.75 Å². The van der Waals surface area contributed by atoms with Crippen LogP contribution in [-0.4, -0.2) is 62.7 Å². The van der Waals surface area contributed by atoms with Crippen LogP contribution in [0.1, 0.15) is 19.3 Å². The SMILES string of the molecule is CN1C[C@H]2C[C@@H](N(C)S(=O)(=O)c3ccc4c(c3)NC(=O)CO4)C[C@H]2CC1=O. The number of fused-ring (bicyclic) bond motifs is 2. The van der Waals surface area contributed by atoms with Gasteiger partial charge in [-0.1, -0.05) is 0 Å². The van der Waals surface area contributed by atoms with Crippen molar-refractivity contribution in [1.29, 1.82) is 0 Å². The Balaban J connectivity index is 1.55. The summed E-state index contributed by atoms with van der Waals surface area (Å²) in [5, 5.41) is 2.64. The van der Waals surface area contributed by atoms with E-state index in [0.29, 0.717) is 36.7 Å². The highest BCUT2D eigenvalue weighted by atomic mass is 32.2. The number of sulfonamides is 1. The van der Waals surface area contributed by atoms with E-state index in [1.165, 1.54) is 16.4 Å². The summed E-state index contributed by atoms with van der Waals surface area (Å²) < 4.78 is 32.9. The Hall–Kier alpha value is -2.13. The van der Waals surface area contributed by atoms with Gasteiger partial charge in [0.1, 0.15) is 5.75 Å². The van der Waals surface area contributed by atoms with Crippen LogP contribution in [0, 0.1) is 11.8 Å². The molecule has 1 saturated carbocycles. The van der Waals surface area contributed by atoms with Gasteiger partial charge < -0.3 is 15.0 Å². The first kappa shape index (κ1) is 18.2. The summed E-state index contributed by atoms with van der Waals surface area (Å²) in [5.41, 5.74) is 0.369. The van der Waals surface area contributed by atoms with Crippen molar-refractivity contribution in [3.8, 4) is 5.75 Å². The van der Waals surface area contributed by atoms with Gasteiger partial charge in [0.05, 0.1) is 10.6 Å². The van der Waals surface area contributed by atoms with Crippen molar-refractivity contribution < 1.29 is 22.7 Å². The molecule has 4 rings (SSSR count). The van der Waals surface area contributed by atoms with E-state index in [0.717, 1.165) is 6.42 Å². The number of hydrogen-bond donors (Lipinski definition) is 1. The molecule has 0 bridgehead atoms. The lowest BCUT2D eigenvalue weighted by Crippen LogP contribution is -2.39. The summed E-state index contributed by atoms with van der Waals surface area (Å²) in [7, 11) is -0.319. The van der Waals surface area contributed by atoms with Crippen LogP contribution >= 0.6 is 0 Å². The Morgan fingerprint density at radius 3 is 2.74 bits per heavy atom. The Labute approximate surface area is 158 Å². The maximum Gasteiger partial charge on any atom is 0.262 e. The third-order valence-electron chi connectivity index (χ3n) is 5.96. The van der Waals surface area contributed by atoms with Crippen LogP contribution in [0.3, 0.4) is 0 Å². The highest BCUT2D eigenvalue weighted by Gasteiger charge is 2.43. The van der Waals surface area contributed by atoms with Gasteiger partial charge in [-0.3, -0.25) is 9.59 Å². The maximum absolute atomic E-state index is 13.1. The van der Waals surface area contributed by atoms with Gasteiger partial charge in [-0.2, -0.15) is 4.31 Å². The van der Waals surface area contributed by atoms with Gasteiger partial charge in [0.25, 0.3) is 5.91 Å². The third-order valence-corrected chi connectivity index (χ3v) is 7.87. The third kappa shape index (κ3) is 3.19. The zero-order valence-electron chi connectivity index (χ0n) is 15.3. The van der Waals surface area contributed by atoms with Crippen molar-refractivity contribution in [2.45, 2.75) is 30.2 Å².